The predicted molar refractivity (Wildman–Crippen MR) is 73.4 cm³/mol. The Hall–Kier alpha value is -1.39. The van der Waals surface area contributed by atoms with Gasteiger partial charge in [0.15, 0.2) is 0 Å². The molecule has 1 heterocycles. The SMILES string of the molecule is CCCn1c(CNCC(C)O)nc2ccccc21. The second-order valence-electron chi connectivity index (χ2n) is 4.65. The number of aliphatic hydroxyl groups excluding tert-OH is 1. The molecule has 0 saturated carbocycles. The van der Waals surface area contributed by atoms with E-state index in [2.05, 4.69) is 27.9 Å². The van der Waals surface area contributed by atoms with E-state index in [1.165, 1.54) is 5.52 Å². The molecule has 0 aliphatic carbocycles. The van der Waals surface area contributed by atoms with Gasteiger partial charge in [0, 0.05) is 13.1 Å². The molecule has 1 aromatic heterocycles. The van der Waals surface area contributed by atoms with Crippen molar-refractivity contribution in [2.24, 2.45) is 0 Å². The van der Waals surface area contributed by atoms with E-state index in [1.807, 2.05) is 18.2 Å². The minimum absolute atomic E-state index is 0.325. The number of rotatable bonds is 6. The van der Waals surface area contributed by atoms with Gasteiger partial charge in [-0.3, -0.25) is 0 Å². The summed E-state index contributed by atoms with van der Waals surface area (Å²) in [6.45, 7) is 6.21. The second kappa shape index (κ2) is 5.98. The van der Waals surface area contributed by atoms with E-state index in [1.54, 1.807) is 6.92 Å². The molecule has 2 N–H and O–H groups in total. The summed E-state index contributed by atoms with van der Waals surface area (Å²) in [7, 11) is 0. The van der Waals surface area contributed by atoms with Crippen LogP contribution in [0.3, 0.4) is 0 Å². The lowest BCUT2D eigenvalue weighted by Crippen LogP contribution is -2.25. The number of aromatic nitrogens is 2. The minimum Gasteiger partial charge on any atom is -0.392 e. The summed E-state index contributed by atoms with van der Waals surface area (Å²) in [6.07, 6.45) is 0.762. The maximum absolute atomic E-state index is 9.25. The number of nitrogens with zero attached hydrogens (tertiary/aromatic N) is 2. The third-order valence-electron chi connectivity index (χ3n) is 2.90. The van der Waals surface area contributed by atoms with E-state index < -0.39 is 0 Å². The summed E-state index contributed by atoms with van der Waals surface area (Å²) < 4.78 is 2.25. The topological polar surface area (TPSA) is 50.1 Å². The molecule has 98 valence electrons. The van der Waals surface area contributed by atoms with E-state index in [0.717, 1.165) is 24.3 Å². The molecule has 1 atom stereocenters. The number of imidazole rings is 1. The molecule has 0 aliphatic heterocycles. The predicted octanol–water partition coefficient (Wildman–Crippen LogP) is 1.92. The molecule has 0 bridgehead atoms. The lowest BCUT2D eigenvalue weighted by molar-refractivity contribution is 0.190. The summed E-state index contributed by atoms with van der Waals surface area (Å²) >= 11 is 0. The molecule has 4 heteroatoms. The monoisotopic (exact) mass is 247 g/mol. The summed E-state index contributed by atoms with van der Waals surface area (Å²) in [4.78, 5) is 4.65. The molecule has 0 spiro atoms. The molecule has 0 aliphatic rings. The van der Waals surface area contributed by atoms with Gasteiger partial charge in [-0.25, -0.2) is 4.98 Å². The summed E-state index contributed by atoms with van der Waals surface area (Å²) in [5.74, 6) is 1.04. The van der Waals surface area contributed by atoms with Gasteiger partial charge in [-0.1, -0.05) is 19.1 Å². The Kier molecular flexibility index (Phi) is 4.33. The average Bonchev–Trinajstić information content (AvgIpc) is 2.68. The highest BCUT2D eigenvalue weighted by Crippen LogP contribution is 2.16. The van der Waals surface area contributed by atoms with E-state index in [-0.39, 0.29) is 6.10 Å². The van der Waals surface area contributed by atoms with Crippen molar-refractivity contribution in [3.63, 3.8) is 0 Å². The maximum atomic E-state index is 9.25. The summed E-state index contributed by atoms with van der Waals surface area (Å²) in [5, 5.41) is 12.5. The maximum Gasteiger partial charge on any atom is 0.123 e. The summed E-state index contributed by atoms with van der Waals surface area (Å²) in [6, 6.07) is 8.21. The molecule has 0 radical (unpaired) electrons. The number of aryl methyl sites for hydroxylation is 1. The molecular formula is C14H21N3O. The molecule has 18 heavy (non-hydrogen) atoms. The Bertz CT molecular complexity index is 505. The van der Waals surface area contributed by atoms with Crippen LogP contribution in [-0.2, 0) is 13.1 Å². The van der Waals surface area contributed by atoms with Crippen molar-refractivity contribution in [3.05, 3.63) is 30.1 Å². The van der Waals surface area contributed by atoms with Gasteiger partial charge < -0.3 is 15.0 Å². The molecule has 2 aromatic rings. The Morgan fingerprint density at radius 2 is 2.17 bits per heavy atom. The molecule has 1 aromatic carbocycles. The van der Waals surface area contributed by atoms with Crippen molar-refractivity contribution in [1.29, 1.82) is 0 Å². The highest BCUT2D eigenvalue weighted by Gasteiger charge is 2.09. The number of hydrogen-bond acceptors (Lipinski definition) is 3. The van der Waals surface area contributed by atoms with Crippen LogP contribution in [0.15, 0.2) is 24.3 Å². The first-order chi connectivity index (χ1) is 8.72. The fourth-order valence-corrected chi connectivity index (χ4v) is 2.13. The van der Waals surface area contributed by atoms with E-state index in [4.69, 9.17) is 0 Å². The molecular weight excluding hydrogens is 226 g/mol. The van der Waals surface area contributed by atoms with Gasteiger partial charge in [0.2, 0.25) is 0 Å². The second-order valence-corrected chi connectivity index (χ2v) is 4.65. The van der Waals surface area contributed by atoms with Crippen LogP contribution < -0.4 is 5.32 Å². The zero-order valence-electron chi connectivity index (χ0n) is 11.1. The van der Waals surface area contributed by atoms with Crippen molar-refractivity contribution >= 4 is 11.0 Å². The van der Waals surface area contributed by atoms with Crippen LogP contribution in [0.4, 0.5) is 0 Å². The molecule has 0 saturated heterocycles. The van der Waals surface area contributed by atoms with Gasteiger partial charge in [0.05, 0.1) is 23.7 Å². The Labute approximate surface area is 108 Å². The molecule has 0 fully saturated rings. The number of fused-ring (bicyclic) bond motifs is 1. The largest absolute Gasteiger partial charge is 0.392 e. The van der Waals surface area contributed by atoms with Gasteiger partial charge in [0.25, 0.3) is 0 Å². The van der Waals surface area contributed by atoms with Gasteiger partial charge in [0.1, 0.15) is 5.82 Å². The van der Waals surface area contributed by atoms with Crippen molar-refractivity contribution in [2.75, 3.05) is 6.54 Å². The molecule has 1 unspecified atom stereocenters. The van der Waals surface area contributed by atoms with Crippen LogP contribution >= 0.6 is 0 Å². The number of para-hydroxylation sites is 2. The third-order valence-corrected chi connectivity index (χ3v) is 2.90. The van der Waals surface area contributed by atoms with Crippen molar-refractivity contribution in [3.8, 4) is 0 Å². The highest BCUT2D eigenvalue weighted by atomic mass is 16.3. The lowest BCUT2D eigenvalue weighted by atomic mass is 10.3. The van der Waals surface area contributed by atoms with Gasteiger partial charge >= 0.3 is 0 Å². The number of benzene rings is 1. The van der Waals surface area contributed by atoms with Crippen LogP contribution in [0.2, 0.25) is 0 Å². The average molecular weight is 247 g/mol. The Morgan fingerprint density at radius 3 is 2.89 bits per heavy atom. The van der Waals surface area contributed by atoms with Crippen LogP contribution in [0.5, 0.6) is 0 Å². The zero-order chi connectivity index (χ0) is 13.0. The smallest absolute Gasteiger partial charge is 0.123 e. The van der Waals surface area contributed by atoms with Crippen molar-refractivity contribution in [1.82, 2.24) is 14.9 Å². The zero-order valence-corrected chi connectivity index (χ0v) is 11.1. The van der Waals surface area contributed by atoms with Crippen molar-refractivity contribution < 1.29 is 5.11 Å². The molecule has 0 amide bonds. The van der Waals surface area contributed by atoms with E-state index in [0.29, 0.717) is 13.1 Å². The van der Waals surface area contributed by atoms with Crippen LogP contribution in [0.1, 0.15) is 26.1 Å². The van der Waals surface area contributed by atoms with Gasteiger partial charge in [-0.2, -0.15) is 0 Å². The number of nitrogens with one attached hydrogen (secondary N) is 1. The number of hydrogen-bond donors (Lipinski definition) is 2. The first kappa shape index (κ1) is 13.1. The van der Waals surface area contributed by atoms with Crippen molar-refractivity contribution in [2.45, 2.75) is 39.5 Å². The van der Waals surface area contributed by atoms with Crippen LogP contribution in [-0.4, -0.2) is 27.3 Å². The quantitative estimate of drug-likeness (QED) is 0.820. The minimum atomic E-state index is -0.325. The van der Waals surface area contributed by atoms with Crippen LogP contribution in [0, 0.1) is 0 Å². The summed E-state index contributed by atoms with van der Waals surface area (Å²) in [5.41, 5.74) is 2.23. The van der Waals surface area contributed by atoms with Crippen LogP contribution in [0.25, 0.3) is 11.0 Å². The van der Waals surface area contributed by atoms with Gasteiger partial charge in [-0.05, 0) is 25.5 Å². The van der Waals surface area contributed by atoms with E-state index in [9.17, 15) is 5.11 Å². The number of aliphatic hydroxyl groups is 1. The highest BCUT2D eigenvalue weighted by molar-refractivity contribution is 5.75. The lowest BCUT2D eigenvalue weighted by Gasteiger charge is -2.09. The standard InChI is InChI=1S/C14H21N3O/c1-3-8-17-13-7-5-4-6-12(13)16-14(17)10-15-9-11(2)18/h4-7,11,15,18H,3,8-10H2,1-2H3. The molecule has 2 rings (SSSR count). The molecule has 4 nitrogen and oxygen atoms in total. The first-order valence-corrected chi connectivity index (χ1v) is 6.55. The third kappa shape index (κ3) is 2.89. The Morgan fingerprint density at radius 1 is 1.39 bits per heavy atom. The Balaban J connectivity index is 2.22. The van der Waals surface area contributed by atoms with E-state index >= 15 is 0 Å². The fraction of sp³-hybridized carbons (Fsp3) is 0.500. The normalized spacial score (nSPS) is 13.1. The van der Waals surface area contributed by atoms with Gasteiger partial charge in [-0.15, -0.1) is 0 Å². The first-order valence-electron chi connectivity index (χ1n) is 6.55. The fourth-order valence-electron chi connectivity index (χ4n) is 2.13.